The molecular weight excluding hydrogens is 260 g/mol. The smallest absolute Gasteiger partial charge is 0.0613 e. The zero-order valence-corrected chi connectivity index (χ0v) is 14.6. The fraction of sp³-hybridized carbons (Fsp3) is 1.00. The average Bonchev–Trinajstić information content (AvgIpc) is 2.68. The van der Waals surface area contributed by atoms with E-state index in [1.165, 1.54) is 38.8 Å². The number of nitrogens with one attached hydrogen (secondary N) is 1. The Morgan fingerprint density at radius 1 is 1.19 bits per heavy atom. The second-order valence-corrected chi connectivity index (χ2v) is 8.40. The van der Waals surface area contributed by atoms with Gasteiger partial charge in [-0.15, -0.1) is 0 Å². The molecular formula is C18H36N2O. The van der Waals surface area contributed by atoms with E-state index in [0.29, 0.717) is 11.5 Å². The van der Waals surface area contributed by atoms with Gasteiger partial charge in [-0.1, -0.05) is 27.7 Å². The first-order chi connectivity index (χ1) is 9.90. The molecule has 2 N–H and O–H groups in total. The molecule has 124 valence electrons. The molecule has 0 amide bonds. The number of hydrogen-bond acceptors (Lipinski definition) is 3. The van der Waals surface area contributed by atoms with Gasteiger partial charge < -0.3 is 15.3 Å². The van der Waals surface area contributed by atoms with Crippen LogP contribution in [0.25, 0.3) is 0 Å². The van der Waals surface area contributed by atoms with Gasteiger partial charge in [0.25, 0.3) is 0 Å². The van der Waals surface area contributed by atoms with Crippen molar-refractivity contribution in [1.82, 2.24) is 10.2 Å². The lowest BCUT2D eigenvalue weighted by molar-refractivity contribution is 0.142. The van der Waals surface area contributed by atoms with Gasteiger partial charge in [0, 0.05) is 11.6 Å². The highest BCUT2D eigenvalue weighted by Gasteiger charge is 2.40. The van der Waals surface area contributed by atoms with E-state index < -0.39 is 0 Å². The van der Waals surface area contributed by atoms with Crippen molar-refractivity contribution in [2.24, 2.45) is 11.3 Å². The van der Waals surface area contributed by atoms with E-state index in [1.54, 1.807) is 0 Å². The Balaban J connectivity index is 1.92. The third-order valence-corrected chi connectivity index (χ3v) is 5.94. The van der Waals surface area contributed by atoms with Crippen LogP contribution in [-0.4, -0.2) is 47.8 Å². The van der Waals surface area contributed by atoms with Crippen molar-refractivity contribution >= 4 is 0 Å². The molecule has 1 aliphatic heterocycles. The molecule has 0 aromatic carbocycles. The van der Waals surface area contributed by atoms with Gasteiger partial charge in [0.2, 0.25) is 0 Å². The summed E-state index contributed by atoms with van der Waals surface area (Å²) >= 11 is 0. The highest BCUT2D eigenvalue weighted by molar-refractivity contribution is 4.99. The molecule has 3 unspecified atom stereocenters. The molecule has 2 aliphatic rings. The number of likely N-dealkylation sites (N-methyl/N-ethyl adjacent to an activating group) is 1. The molecule has 0 spiro atoms. The van der Waals surface area contributed by atoms with E-state index >= 15 is 0 Å². The molecule has 1 saturated carbocycles. The summed E-state index contributed by atoms with van der Waals surface area (Å²) in [6.45, 7) is 13.1. The summed E-state index contributed by atoms with van der Waals surface area (Å²) in [4.78, 5) is 2.72. The Bertz CT molecular complexity index is 326. The Kier molecular flexibility index (Phi) is 5.72. The van der Waals surface area contributed by atoms with Crippen molar-refractivity contribution in [1.29, 1.82) is 0 Å². The van der Waals surface area contributed by atoms with E-state index in [9.17, 15) is 5.11 Å². The second kappa shape index (κ2) is 6.97. The Morgan fingerprint density at radius 3 is 2.57 bits per heavy atom. The molecule has 0 bridgehead atoms. The van der Waals surface area contributed by atoms with Crippen LogP contribution in [0.1, 0.15) is 66.2 Å². The van der Waals surface area contributed by atoms with Crippen LogP contribution in [0.3, 0.4) is 0 Å². The van der Waals surface area contributed by atoms with Crippen molar-refractivity contribution < 1.29 is 5.11 Å². The molecule has 0 aromatic heterocycles. The summed E-state index contributed by atoms with van der Waals surface area (Å²) in [5.41, 5.74) is 0.444. The minimum absolute atomic E-state index is 0.00481. The Labute approximate surface area is 131 Å². The molecule has 21 heavy (non-hydrogen) atoms. The fourth-order valence-electron chi connectivity index (χ4n) is 4.49. The van der Waals surface area contributed by atoms with Crippen LogP contribution in [0.2, 0.25) is 0 Å². The maximum Gasteiger partial charge on any atom is 0.0613 e. The molecule has 3 nitrogen and oxygen atoms in total. The van der Waals surface area contributed by atoms with Crippen LogP contribution in [0, 0.1) is 11.3 Å². The van der Waals surface area contributed by atoms with Crippen molar-refractivity contribution in [3.8, 4) is 0 Å². The monoisotopic (exact) mass is 296 g/mol. The summed E-state index contributed by atoms with van der Waals surface area (Å²) in [6.07, 6.45) is 7.55. The summed E-state index contributed by atoms with van der Waals surface area (Å²) in [6, 6.07) is 0.676. The van der Waals surface area contributed by atoms with Crippen LogP contribution in [0.15, 0.2) is 0 Å². The van der Waals surface area contributed by atoms with Crippen molar-refractivity contribution in [3.05, 3.63) is 0 Å². The number of hydrogen-bond donors (Lipinski definition) is 2. The van der Waals surface area contributed by atoms with E-state index in [2.05, 4.69) is 37.9 Å². The van der Waals surface area contributed by atoms with Crippen molar-refractivity contribution in [3.63, 3.8) is 0 Å². The number of likely N-dealkylation sites (tertiary alicyclic amines) is 1. The second-order valence-electron chi connectivity index (χ2n) is 8.40. The maximum absolute atomic E-state index is 9.79. The minimum Gasteiger partial charge on any atom is -0.394 e. The topological polar surface area (TPSA) is 35.5 Å². The quantitative estimate of drug-likeness (QED) is 0.837. The van der Waals surface area contributed by atoms with Gasteiger partial charge in [-0.2, -0.15) is 0 Å². The predicted octanol–water partition coefficient (Wildman–Crippen LogP) is 3.03. The lowest BCUT2D eigenvalue weighted by atomic mass is 9.77. The Morgan fingerprint density at radius 2 is 1.95 bits per heavy atom. The predicted molar refractivity (Wildman–Crippen MR) is 89.5 cm³/mol. The van der Waals surface area contributed by atoms with Gasteiger partial charge in [0.05, 0.1) is 6.61 Å². The molecule has 3 heteroatoms. The molecule has 1 aliphatic carbocycles. The third kappa shape index (κ3) is 4.20. The first-order valence-corrected chi connectivity index (χ1v) is 9.00. The van der Waals surface area contributed by atoms with Gasteiger partial charge in [0.1, 0.15) is 0 Å². The lowest BCUT2D eigenvalue weighted by Gasteiger charge is -2.32. The molecule has 2 rings (SSSR count). The van der Waals surface area contributed by atoms with E-state index in [4.69, 9.17) is 0 Å². The van der Waals surface area contributed by atoms with Gasteiger partial charge in [-0.05, 0) is 69.5 Å². The fourth-order valence-corrected chi connectivity index (χ4v) is 4.49. The van der Waals surface area contributed by atoms with Crippen molar-refractivity contribution in [2.75, 3.05) is 26.2 Å². The highest BCUT2D eigenvalue weighted by atomic mass is 16.3. The first-order valence-electron chi connectivity index (χ1n) is 9.00. The third-order valence-electron chi connectivity index (χ3n) is 5.94. The molecule has 1 heterocycles. The largest absolute Gasteiger partial charge is 0.394 e. The number of aliphatic hydroxyl groups is 1. The van der Waals surface area contributed by atoms with Gasteiger partial charge in [-0.3, -0.25) is 0 Å². The average molecular weight is 296 g/mol. The van der Waals surface area contributed by atoms with Gasteiger partial charge in [0.15, 0.2) is 0 Å². The normalized spacial score (nSPS) is 35.9. The number of rotatable bonds is 4. The Hall–Kier alpha value is -0.120. The molecule has 0 radical (unpaired) electrons. The zero-order chi connectivity index (χ0) is 15.5. The first kappa shape index (κ1) is 17.2. The zero-order valence-electron chi connectivity index (χ0n) is 14.6. The summed E-state index contributed by atoms with van der Waals surface area (Å²) in [5, 5.41) is 13.3. The van der Waals surface area contributed by atoms with Crippen LogP contribution in [-0.2, 0) is 0 Å². The molecule has 0 aromatic rings. The van der Waals surface area contributed by atoms with Crippen LogP contribution >= 0.6 is 0 Å². The van der Waals surface area contributed by atoms with E-state index in [1.807, 2.05) is 0 Å². The van der Waals surface area contributed by atoms with E-state index in [-0.39, 0.29) is 12.1 Å². The molecule has 3 atom stereocenters. The molecule has 2 fully saturated rings. The lowest BCUT2D eigenvalue weighted by Crippen LogP contribution is -2.48. The van der Waals surface area contributed by atoms with E-state index in [0.717, 1.165) is 25.3 Å². The SMILES string of the molecule is CCNC1(CO)CCC(N2CCCC(C(C)(C)C)CC2)C1. The highest BCUT2D eigenvalue weighted by Crippen LogP contribution is 2.38. The summed E-state index contributed by atoms with van der Waals surface area (Å²) < 4.78 is 0. The van der Waals surface area contributed by atoms with Gasteiger partial charge >= 0.3 is 0 Å². The standard InChI is InChI=1S/C18H36N2O/c1-5-19-18(14-21)10-8-16(13-18)20-11-6-7-15(9-12-20)17(2,3)4/h15-16,19,21H,5-14H2,1-4H3. The maximum atomic E-state index is 9.79. The minimum atomic E-state index is -0.00481. The summed E-state index contributed by atoms with van der Waals surface area (Å²) in [7, 11) is 0. The number of aliphatic hydroxyl groups excluding tert-OH is 1. The molecule has 1 saturated heterocycles. The van der Waals surface area contributed by atoms with Crippen LogP contribution < -0.4 is 5.32 Å². The summed E-state index contributed by atoms with van der Waals surface area (Å²) in [5.74, 6) is 0.861. The number of nitrogens with zero attached hydrogens (tertiary/aromatic N) is 1. The van der Waals surface area contributed by atoms with Gasteiger partial charge in [-0.25, -0.2) is 0 Å². The van der Waals surface area contributed by atoms with Crippen LogP contribution in [0.5, 0.6) is 0 Å². The van der Waals surface area contributed by atoms with Crippen LogP contribution in [0.4, 0.5) is 0 Å². The van der Waals surface area contributed by atoms with Crippen molar-refractivity contribution in [2.45, 2.75) is 77.8 Å².